The summed E-state index contributed by atoms with van der Waals surface area (Å²) in [6.45, 7) is 4.02. The van der Waals surface area contributed by atoms with Crippen LogP contribution in [0, 0.1) is 17.8 Å². The highest BCUT2D eigenvalue weighted by Gasteiger charge is 2.47. The number of ketones is 1. The minimum absolute atomic E-state index is 0.0531. The number of aliphatic hydroxyl groups is 1. The van der Waals surface area contributed by atoms with E-state index < -0.39 is 35.3 Å². The van der Waals surface area contributed by atoms with Crippen LogP contribution in [0.5, 0.6) is 5.75 Å². The third-order valence-corrected chi connectivity index (χ3v) is 7.83. The number of hydrogen-bond donors (Lipinski definition) is 4. The van der Waals surface area contributed by atoms with Crippen LogP contribution >= 0.6 is 0 Å². The van der Waals surface area contributed by atoms with Gasteiger partial charge in [-0.05, 0) is 50.3 Å². The van der Waals surface area contributed by atoms with Gasteiger partial charge in [0.1, 0.15) is 24.2 Å². The number of aliphatic carboxylic acids is 1. The van der Waals surface area contributed by atoms with Crippen LogP contribution in [0.15, 0.2) is 36.4 Å². The van der Waals surface area contributed by atoms with Crippen LogP contribution in [-0.2, 0) is 30.3 Å². The van der Waals surface area contributed by atoms with Crippen LogP contribution in [-0.4, -0.2) is 65.7 Å². The molecular weight excluding hydrogens is 588 g/mol. The first-order valence-electron chi connectivity index (χ1n) is 16.4. The van der Waals surface area contributed by atoms with E-state index in [1.165, 1.54) is 32.4 Å². The number of methoxy groups -OCH3 is 1. The zero-order valence-corrected chi connectivity index (χ0v) is 27.9. The van der Waals surface area contributed by atoms with E-state index in [9.17, 15) is 29.4 Å². The van der Waals surface area contributed by atoms with E-state index in [-0.39, 0.29) is 26.1 Å². The van der Waals surface area contributed by atoms with Gasteiger partial charge in [-0.25, -0.2) is 4.79 Å². The number of carbonyl (C=O) groups is 4. The highest BCUT2D eigenvalue weighted by atomic mass is 16.5. The molecule has 1 rings (SSSR count). The van der Waals surface area contributed by atoms with Gasteiger partial charge in [0.2, 0.25) is 11.8 Å². The van der Waals surface area contributed by atoms with E-state index in [1.54, 1.807) is 37.3 Å². The fourth-order valence-corrected chi connectivity index (χ4v) is 4.97. The zero-order valence-electron chi connectivity index (χ0n) is 27.9. The number of nitrogens with two attached hydrogens (primary N) is 1. The van der Waals surface area contributed by atoms with Crippen molar-refractivity contribution in [1.29, 1.82) is 0 Å². The zero-order chi connectivity index (χ0) is 34.2. The van der Waals surface area contributed by atoms with Crippen molar-refractivity contribution >= 4 is 23.6 Å². The Morgan fingerprint density at radius 1 is 1.00 bits per heavy atom. The van der Waals surface area contributed by atoms with E-state index in [1.807, 2.05) is 0 Å². The van der Waals surface area contributed by atoms with Gasteiger partial charge in [0.25, 0.3) is 0 Å². The molecule has 0 saturated heterocycles. The first kappa shape index (κ1) is 40.3. The van der Waals surface area contributed by atoms with Crippen molar-refractivity contribution in [3.05, 3.63) is 42.0 Å². The second-order valence-electron chi connectivity index (χ2n) is 11.6. The van der Waals surface area contributed by atoms with E-state index in [2.05, 4.69) is 24.1 Å². The molecule has 3 atom stereocenters. The largest absolute Gasteiger partial charge is 0.481 e. The smallest absolute Gasteiger partial charge is 0.336 e. The Kier molecular flexibility index (Phi) is 20.7. The molecule has 2 amide bonds. The van der Waals surface area contributed by atoms with Gasteiger partial charge < -0.3 is 30.7 Å². The summed E-state index contributed by atoms with van der Waals surface area (Å²) in [7, 11) is 1.37. The Hall–Kier alpha value is -3.68. The fourth-order valence-electron chi connectivity index (χ4n) is 4.97. The first-order valence-corrected chi connectivity index (χ1v) is 16.4. The third-order valence-electron chi connectivity index (χ3n) is 7.83. The Bertz CT molecular complexity index is 1150. The number of unbranched alkanes of at least 4 members (excludes halogenated alkanes) is 8. The van der Waals surface area contributed by atoms with Crippen molar-refractivity contribution in [2.75, 3.05) is 20.3 Å². The molecule has 10 heteroatoms. The van der Waals surface area contributed by atoms with E-state index in [0.29, 0.717) is 36.4 Å². The number of amides is 2. The number of ether oxygens (including phenoxy) is 2. The number of nitrogens with one attached hydrogen (secondary N) is 1. The van der Waals surface area contributed by atoms with Gasteiger partial charge in [0.15, 0.2) is 5.60 Å². The summed E-state index contributed by atoms with van der Waals surface area (Å²) in [5.74, 6) is 1.70. The van der Waals surface area contributed by atoms with Crippen LogP contribution in [0.2, 0.25) is 0 Å². The maximum absolute atomic E-state index is 13.5. The lowest BCUT2D eigenvalue weighted by Gasteiger charge is -2.30. The molecule has 0 aliphatic heterocycles. The molecule has 0 radical (unpaired) electrons. The predicted octanol–water partition coefficient (Wildman–Crippen LogP) is 4.90. The molecule has 46 heavy (non-hydrogen) atoms. The molecular formula is C36H54N2O8. The molecule has 5 N–H and O–H groups in total. The summed E-state index contributed by atoms with van der Waals surface area (Å²) in [5, 5.41) is 23.7. The van der Waals surface area contributed by atoms with Crippen molar-refractivity contribution in [1.82, 2.24) is 5.32 Å². The molecule has 0 unspecified atom stereocenters. The lowest BCUT2D eigenvalue weighted by molar-refractivity contribution is -0.168. The van der Waals surface area contributed by atoms with Crippen molar-refractivity contribution in [2.24, 2.45) is 11.7 Å². The molecule has 0 aromatic heterocycles. The second kappa shape index (κ2) is 23.6. The number of carbonyl (C=O) groups excluding carboxylic acids is 3. The van der Waals surface area contributed by atoms with Gasteiger partial charge in [-0.15, -0.1) is 5.92 Å². The normalized spacial score (nSPS) is 13.7. The number of benzene rings is 1. The number of carboxylic acid groups (broad SMARTS) is 1. The number of rotatable bonds is 26. The molecule has 1 aromatic carbocycles. The van der Waals surface area contributed by atoms with Crippen molar-refractivity contribution < 1.29 is 38.9 Å². The summed E-state index contributed by atoms with van der Waals surface area (Å²) >= 11 is 0. The average molecular weight is 643 g/mol. The van der Waals surface area contributed by atoms with Crippen molar-refractivity contribution in [2.45, 2.75) is 115 Å². The van der Waals surface area contributed by atoms with Crippen molar-refractivity contribution in [3.8, 4) is 17.6 Å². The first-order chi connectivity index (χ1) is 22.1. The summed E-state index contributed by atoms with van der Waals surface area (Å²) in [6, 6.07) is 5.72. The SMILES string of the molecule is CC#CCOc1ccc(C[C@H](NC(=O)[C@@H](/C=C/CCCCCCC(=O)CCCCCCC)[C@@](O)(CCOC)C(=O)O)C(N)=O)cc1. The van der Waals surface area contributed by atoms with Crippen LogP contribution in [0.1, 0.15) is 103 Å². The quantitative estimate of drug-likeness (QED) is 0.0630. The van der Waals surface area contributed by atoms with Crippen LogP contribution in [0.3, 0.4) is 0 Å². The van der Waals surface area contributed by atoms with Crippen molar-refractivity contribution in [3.63, 3.8) is 0 Å². The topological polar surface area (TPSA) is 165 Å². The summed E-state index contributed by atoms with van der Waals surface area (Å²) < 4.78 is 10.5. The third kappa shape index (κ3) is 16.1. The van der Waals surface area contributed by atoms with E-state index in [0.717, 1.165) is 38.5 Å². The van der Waals surface area contributed by atoms with Gasteiger partial charge in [0.05, 0.1) is 5.92 Å². The monoisotopic (exact) mass is 642 g/mol. The molecule has 1 aromatic rings. The molecule has 256 valence electrons. The van der Waals surface area contributed by atoms with Crippen LogP contribution < -0.4 is 15.8 Å². The Labute approximate surface area is 274 Å². The number of hydrogen-bond acceptors (Lipinski definition) is 7. The van der Waals surface area contributed by atoms with Crippen LogP contribution in [0.4, 0.5) is 0 Å². The number of carboxylic acids is 1. The lowest BCUT2D eigenvalue weighted by Crippen LogP contribution is -2.55. The molecule has 0 bridgehead atoms. The fraction of sp³-hybridized carbons (Fsp3) is 0.611. The number of allylic oxidation sites excluding steroid dienone is 1. The highest BCUT2D eigenvalue weighted by Crippen LogP contribution is 2.26. The van der Waals surface area contributed by atoms with Crippen LogP contribution in [0.25, 0.3) is 0 Å². The molecule has 0 aliphatic carbocycles. The highest BCUT2D eigenvalue weighted by molar-refractivity contribution is 5.93. The second-order valence-corrected chi connectivity index (χ2v) is 11.6. The molecule has 0 aliphatic rings. The van der Waals surface area contributed by atoms with Gasteiger partial charge in [0, 0.05) is 39.4 Å². The minimum atomic E-state index is -2.48. The molecule has 0 heterocycles. The van der Waals surface area contributed by atoms with Gasteiger partial charge >= 0.3 is 5.97 Å². The maximum Gasteiger partial charge on any atom is 0.336 e. The van der Waals surface area contributed by atoms with E-state index >= 15 is 0 Å². The summed E-state index contributed by atoms with van der Waals surface area (Å²) in [4.78, 5) is 50.1. The Morgan fingerprint density at radius 3 is 2.20 bits per heavy atom. The molecule has 0 saturated carbocycles. The van der Waals surface area contributed by atoms with E-state index in [4.69, 9.17) is 15.2 Å². The summed E-state index contributed by atoms with van der Waals surface area (Å²) in [6.07, 6.45) is 13.6. The lowest BCUT2D eigenvalue weighted by atomic mass is 9.83. The molecule has 0 fully saturated rings. The predicted molar refractivity (Wildman–Crippen MR) is 178 cm³/mol. The maximum atomic E-state index is 13.5. The Balaban J connectivity index is 2.81. The Morgan fingerprint density at radius 2 is 1.63 bits per heavy atom. The number of Topliss-reactive ketones (excluding diaryl/α,β-unsaturated/α-hetero) is 1. The number of primary amides is 1. The average Bonchev–Trinajstić information content (AvgIpc) is 3.03. The minimum Gasteiger partial charge on any atom is -0.481 e. The van der Waals surface area contributed by atoms with Gasteiger partial charge in [-0.3, -0.25) is 14.4 Å². The molecule has 0 spiro atoms. The standard InChI is InChI=1S/C36H54N2O8/c1-4-6-8-11-14-17-29(39)18-15-12-9-10-13-16-19-31(36(44,35(42)43)24-26-45-3)34(41)38-32(33(37)40)27-28-20-22-30(23-21-28)46-25-7-5-2/h16,19-23,31-32,44H,4,6,8-15,17-18,24-27H2,1-3H3,(H2,37,40)(H,38,41)(H,42,43)/b19-16+/t31-,32+,36+/m1/s1. The van der Waals surface area contributed by atoms with Gasteiger partial charge in [-0.1, -0.05) is 75.7 Å². The molecule has 10 nitrogen and oxygen atoms in total. The van der Waals surface area contributed by atoms with Gasteiger partial charge in [-0.2, -0.15) is 0 Å². The summed E-state index contributed by atoms with van der Waals surface area (Å²) in [5.41, 5.74) is 3.81.